The van der Waals surface area contributed by atoms with Gasteiger partial charge in [0.2, 0.25) is 10.0 Å². The lowest BCUT2D eigenvalue weighted by Gasteiger charge is -2.17. The van der Waals surface area contributed by atoms with Gasteiger partial charge in [-0.2, -0.15) is 0 Å². The van der Waals surface area contributed by atoms with E-state index in [4.69, 9.17) is 0 Å². The third-order valence-corrected chi connectivity index (χ3v) is 5.43. The lowest BCUT2D eigenvalue weighted by atomic mass is 9.99. The average molecular weight is 297 g/mol. The quantitative estimate of drug-likeness (QED) is 0.844. The Morgan fingerprint density at radius 3 is 2.85 bits per heavy atom. The number of rotatable bonds is 6. The zero-order valence-corrected chi connectivity index (χ0v) is 12.9. The fraction of sp³-hybridized carbons (Fsp3) is 0.643. The van der Waals surface area contributed by atoms with Crippen molar-refractivity contribution in [1.29, 1.82) is 0 Å². The van der Waals surface area contributed by atoms with E-state index in [1.165, 1.54) is 12.8 Å². The van der Waals surface area contributed by atoms with Crippen molar-refractivity contribution in [1.82, 2.24) is 9.71 Å². The first kappa shape index (κ1) is 15.3. The van der Waals surface area contributed by atoms with E-state index in [-0.39, 0.29) is 4.90 Å². The van der Waals surface area contributed by atoms with Crippen LogP contribution < -0.4 is 10.0 Å². The molecule has 2 atom stereocenters. The van der Waals surface area contributed by atoms with Crippen molar-refractivity contribution in [2.45, 2.75) is 38.0 Å². The van der Waals surface area contributed by atoms with E-state index in [1.807, 2.05) is 6.92 Å². The highest BCUT2D eigenvalue weighted by Gasteiger charge is 2.26. The minimum absolute atomic E-state index is 0.229. The maximum absolute atomic E-state index is 12.4. The molecule has 112 valence electrons. The highest BCUT2D eigenvalue weighted by Crippen LogP contribution is 2.31. The van der Waals surface area contributed by atoms with Gasteiger partial charge >= 0.3 is 0 Å². The molecule has 1 aromatic heterocycles. The molecule has 0 amide bonds. The van der Waals surface area contributed by atoms with Crippen LogP contribution in [-0.4, -0.2) is 26.5 Å². The molecule has 0 saturated heterocycles. The summed E-state index contributed by atoms with van der Waals surface area (Å²) in [5, 5.41) is 2.99. The summed E-state index contributed by atoms with van der Waals surface area (Å²) in [5.41, 5.74) is 0. The topological polar surface area (TPSA) is 71.1 Å². The summed E-state index contributed by atoms with van der Waals surface area (Å²) >= 11 is 0. The molecule has 5 nitrogen and oxygen atoms in total. The van der Waals surface area contributed by atoms with Crippen molar-refractivity contribution in [2.75, 3.05) is 18.4 Å². The highest BCUT2D eigenvalue weighted by molar-refractivity contribution is 7.89. The number of pyridine rings is 1. The molecule has 1 aliphatic carbocycles. The second-order valence-electron chi connectivity index (χ2n) is 5.40. The molecular formula is C14H23N3O2S. The summed E-state index contributed by atoms with van der Waals surface area (Å²) in [5.74, 6) is 1.46. The van der Waals surface area contributed by atoms with E-state index < -0.39 is 10.0 Å². The molecule has 0 spiro atoms. The summed E-state index contributed by atoms with van der Waals surface area (Å²) in [6.45, 7) is 5.27. The molecule has 1 aliphatic rings. The molecule has 1 aromatic rings. The zero-order chi connectivity index (χ0) is 14.6. The van der Waals surface area contributed by atoms with Gasteiger partial charge < -0.3 is 5.32 Å². The molecule has 0 aliphatic heterocycles. The van der Waals surface area contributed by atoms with Gasteiger partial charge in [-0.15, -0.1) is 0 Å². The number of nitrogens with zero attached hydrogens (tertiary/aromatic N) is 1. The predicted molar refractivity (Wildman–Crippen MR) is 80.1 cm³/mol. The standard InChI is InChI=1S/C14H23N3O2S/c1-3-15-14-13(8-5-9-16-14)20(18,19)17-10-12-7-4-6-11(12)2/h5,8-9,11-12,17H,3-4,6-7,10H2,1-2H3,(H,15,16). The van der Waals surface area contributed by atoms with Gasteiger partial charge in [0.1, 0.15) is 10.7 Å². The average Bonchev–Trinajstić information content (AvgIpc) is 2.83. The largest absolute Gasteiger partial charge is 0.369 e. The van der Waals surface area contributed by atoms with Crippen LogP contribution in [0.1, 0.15) is 33.1 Å². The maximum Gasteiger partial charge on any atom is 0.244 e. The van der Waals surface area contributed by atoms with E-state index in [2.05, 4.69) is 21.9 Å². The Labute approximate surface area is 121 Å². The Hall–Kier alpha value is -1.14. The van der Waals surface area contributed by atoms with Gasteiger partial charge in [0.25, 0.3) is 0 Å². The van der Waals surface area contributed by atoms with Gasteiger partial charge in [0.05, 0.1) is 0 Å². The van der Waals surface area contributed by atoms with Crippen molar-refractivity contribution < 1.29 is 8.42 Å². The van der Waals surface area contributed by atoms with Crippen molar-refractivity contribution in [3.05, 3.63) is 18.3 Å². The molecule has 20 heavy (non-hydrogen) atoms. The van der Waals surface area contributed by atoms with E-state index in [0.29, 0.717) is 30.7 Å². The molecule has 2 N–H and O–H groups in total. The van der Waals surface area contributed by atoms with Crippen LogP contribution >= 0.6 is 0 Å². The molecule has 0 radical (unpaired) electrons. The van der Waals surface area contributed by atoms with Crippen molar-refractivity contribution in [2.24, 2.45) is 11.8 Å². The van der Waals surface area contributed by atoms with Gasteiger partial charge in [-0.05, 0) is 37.3 Å². The van der Waals surface area contributed by atoms with Crippen LogP contribution in [0.25, 0.3) is 0 Å². The molecule has 0 bridgehead atoms. The molecular weight excluding hydrogens is 274 g/mol. The first-order valence-electron chi connectivity index (χ1n) is 7.23. The Morgan fingerprint density at radius 2 is 2.20 bits per heavy atom. The van der Waals surface area contributed by atoms with Crippen molar-refractivity contribution >= 4 is 15.8 Å². The molecule has 0 aromatic carbocycles. The minimum atomic E-state index is -3.50. The Kier molecular flexibility index (Phi) is 4.99. The third kappa shape index (κ3) is 3.49. The zero-order valence-electron chi connectivity index (χ0n) is 12.1. The van der Waals surface area contributed by atoms with Gasteiger partial charge in [-0.1, -0.05) is 19.8 Å². The van der Waals surface area contributed by atoms with Crippen LogP contribution in [0.3, 0.4) is 0 Å². The smallest absolute Gasteiger partial charge is 0.244 e. The number of anilines is 1. The number of aromatic nitrogens is 1. The van der Waals surface area contributed by atoms with Gasteiger partial charge in [0, 0.05) is 19.3 Å². The second kappa shape index (κ2) is 6.54. The Morgan fingerprint density at radius 1 is 1.40 bits per heavy atom. The molecule has 2 rings (SSSR count). The normalized spacial score (nSPS) is 22.9. The Bertz CT molecular complexity index is 545. The SMILES string of the molecule is CCNc1ncccc1S(=O)(=O)NCC1CCCC1C. The van der Waals surface area contributed by atoms with Gasteiger partial charge in [-0.25, -0.2) is 18.1 Å². The number of sulfonamides is 1. The first-order chi connectivity index (χ1) is 9.54. The lowest BCUT2D eigenvalue weighted by Crippen LogP contribution is -2.31. The van der Waals surface area contributed by atoms with Crippen LogP contribution in [-0.2, 0) is 10.0 Å². The van der Waals surface area contributed by atoms with E-state index in [1.54, 1.807) is 18.3 Å². The van der Waals surface area contributed by atoms with Crippen LogP contribution in [0.4, 0.5) is 5.82 Å². The van der Waals surface area contributed by atoms with E-state index >= 15 is 0 Å². The summed E-state index contributed by atoms with van der Waals surface area (Å²) < 4.78 is 27.5. The number of hydrogen-bond donors (Lipinski definition) is 2. The fourth-order valence-corrected chi connectivity index (χ4v) is 3.95. The van der Waals surface area contributed by atoms with Gasteiger partial charge in [0.15, 0.2) is 0 Å². The fourth-order valence-electron chi connectivity index (χ4n) is 2.73. The summed E-state index contributed by atoms with van der Waals surface area (Å²) in [6, 6.07) is 3.24. The Balaban J connectivity index is 2.10. The highest BCUT2D eigenvalue weighted by atomic mass is 32.2. The summed E-state index contributed by atoms with van der Waals surface area (Å²) in [7, 11) is -3.50. The number of hydrogen-bond acceptors (Lipinski definition) is 4. The second-order valence-corrected chi connectivity index (χ2v) is 7.14. The molecule has 1 fully saturated rings. The monoisotopic (exact) mass is 297 g/mol. The third-order valence-electron chi connectivity index (χ3n) is 3.98. The van der Waals surface area contributed by atoms with Crippen LogP contribution in [0, 0.1) is 11.8 Å². The predicted octanol–water partition coefficient (Wildman–Crippen LogP) is 2.23. The molecule has 1 heterocycles. The molecule has 2 unspecified atom stereocenters. The van der Waals surface area contributed by atoms with E-state index in [0.717, 1.165) is 6.42 Å². The molecule has 1 saturated carbocycles. The minimum Gasteiger partial charge on any atom is -0.369 e. The van der Waals surface area contributed by atoms with Crippen LogP contribution in [0.5, 0.6) is 0 Å². The van der Waals surface area contributed by atoms with Gasteiger partial charge in [-0.3, -0.25) is 0 Å². The summed E-state index contributed by atoms with van der Waals surface area (Å²) in [6.07, 6.45) is 5.10. The molecule has 6 heteroatoms. The van der Waals surface area contributed by atoms with Crippen molar-refractivity contribution in [3.8, 4) is 0 Å². The summed E-state index contributed by atoms with van der Waals surface area (Å²) in [4.78, 5) is 4.33. The van der Waals surface area contributed by atoms with Crippen LogP contribution in [0.15, 0.2) is 23.2 Å². The maximum atomic E-state index is 12.4. The van der Waals surface area contributed by atoms with Crippen LogP contribution in [0.2, 0.25) is 0 Å². The van der Waals surface area contributed by atoms with Crippen molar-refractivity contribution in [3.63, 3.8) is 0 Å². The lowest BCUT2D eigenvalue weighted by molar-refractivity contribution is 0.414. The van der Waals surface area contributed by atoms with E-state index in [9.17, 15) is 8.42 Å². The first-order valence-corrected chi connectivity index (χ1v) is 8.71. The number of nitrogens with one attached hydrogen (secondary N) is 2.